The molecular weight excluding hydrogens is 534 g/mol. The van der Waals surface area contributed by atoms with Gasteiger partial charge in [0.1, 0.15) is 11.4 Å². The molecule has 32 heavy (non-hydrogen) atoms. The summed E-state index contributed by atoms with van der Waals surface area (Å²) in [5.41, 5.74) is -2.30. The number of aliphatic hydroxyl groups is 1. The van der Waals surface area contributed by atoms with E-state index in [-0.39, 0.29) is 30.4 Å². The Morgan fingerprint density at radius 1 is 1.19 bits per heavy atom. The van der Waals surface area contributed by atoms with Crippen LogP contribution in [0.2, 0.25) is 0 Å². The van der Waals surface area contributed by atoms with Crippen LogP contribution in [-0.4, -0.2) is 47.2 Å². The van der Waals surface area contributed by atoms with Gasteiger partial charge in [-0.25, -0.2) is 13.2 Å². The number of rotatable bonds is 7. The van der Waals surface area contributed by atoms with Gasteiger partial charge in [0, 0.05) is 21.6 Å². The molecular formula is C23H27F3IN3O2. The molecule has 5 nitrogen and oxygen atoms in total. The number of halogens is 4. The Labute approximate surface area is 199 Å². The van der Waals surface area contributed by atoms with Crippen LogP contribution in [0.3, 0.4) is 0 Å². The van der Waals surface area contributed by atoms with Crippen LogP contribution in [0.25, 0.3) is 0 Å². The van der Waals surface area contributed by atoms with E-state index in [1.165, 1.54) is 17.0 Å². The maximum absolute atomic E-state index is 14.6. The molecule has 0 aliphatic carbocycles. The van der Waals surface area contributed by atoms with E-state index in [0.29, 0.717) is 10.1 Å². The molecule has 2 aromatic rings. The van der Waals surface area contributed by atoms with Crippen molar-refractivity contribution in [1.82, 2.24) is 10.2 Å². The molecule has 0 aromatic heterocycles. The van der Waals surface area contributed by atoms with Gasteiger partial charge >= 0.3 is 0 Å². The van der Waals surface area contributed by atoms with Crippen LogP contribution in [0.15, 0.2) is 30.3 Å². The fourth-order valence-electron chi connectivity index (χ4n) is 3.53. The van der Waals surface area contributed by atoms with Crippen molar-refractivity contribution >= 4 is 39.9 Å². The summed E-state index contributed by atoms with van der Waals surface area (Å²) in [5, 5.41) is 16.9. The lowest BCUT2D eigenvalue weighted by atomic mass is 9.69. The van der Waals surface area contributed by atoms with Gasteiger partial charge in [0.25, 0.3) is 5.91 Å². The van der Waals surface area contributed by atoms with Crippen LogP contribution in [0.4, 0.5) is 24.5 Å². The van der Waals surface area contributed by atoms with Crippen molar-refractivity contribution in [3.05, 3.63) is 56.9 Å². The van der Waals surface area contributed by atoms with Gasteiger partial charge in [-0.3, -0.25) is 4.79 Å². The Morgan fingerprint density at radius 3 is 2.44 bits per heavy atom. The highest BCUT2D eigenvalue weighted by Gasteiger charge is 2.53. The van der Waals surface area contributed by atoms with E-state index < -0.39 is 40.1 Å². The fourth-order valence-corrected chi connectivity index (χ4v) is 3.98. The Bertz CT molecular complexity index is 1020. The zero-order chi connectivity index (χ0) is 23.8. The standard InChI is InChI=1S/C23H27F3IN3O2/c1-13(2)28-10-22(3,4)23(32)11-30(12-23)21(31)15-6-7-16(24)19(26)20(15)29-18-8-5-14(27)9-17(18)25/h5-9,13,28-29,32H,10-12H2,1-4H3. The highest BCUT2D eigenvalue weighted by molar-refractivity contribution is 14.1. The second-order valence-electron chi connectivity index (χ2n) is 9.15. The highest BCUT2D eigenvalue weighted by atomic mass is 127. The number of carbonyl (C=O) groups excluding carboxylic acids is 1. The third kappa shape index (κ3) is 4.89. The zero-order valence-corrected chi connectivity index (χ0v) is 20.6. The van der Waals surface area contributed by atoms with Gasteiger partial charge in [-0.2, -0.15) is 0 Å². The van der Waals surface area contributed by atoms with E-state index >= 15 is 0 Å². The molecule has 2 aromatic carbocycles. The maximum Gasteiger partial charge on any atom is 0.256 e. The van der Waals surface area contributed by atoms with E-state index in [1.807, 2.05) is 50.3 Å². The molecule has 1 saturated heterocycles. The molecule has 1 heterocycles. The molecule has 0 spiro atoms. The number of nitrogens with zero attached hydrogens (tertiary/aromatic N) is 1. The van der Waals surface area contributed by atoms with Crippen molar-refractivity contribution in [2.24, 2.45) is 5.41 Å². The molecule has 0 atom stereocenters. The first-order valence-electron chi connectivity index (χ1n) is 10.3. The van der Waals surface area contributed by atoms with Gasteiger partial charge < -0.3 is 20.6 Å². The molecule has 0 unspecified atom stereocenters. The zero-order valence-electron chi connectivity index (χ0n) is 18.4. The third-order valence-electron chi connectivity index (χ3n) is 5.92. The summed E-state index contributed by atoms with van der Waals surface area (Å²) in [6.45, 7) is 8.48. The van der Waals surface area contributed by atoms with Crippen LogP contribution >= 0.6 is 22.6 Å². The first kappa shape index (κ1) is 24.8. The lowest BCUT2D eigenvalue weighted by Gasteiger charge is -2.55. The lowest BCUT2D eigenvalue weighted by molar-refractivity contribution is -0.152. The Balaban J connectivity index is 1.83. The molecule has 1 aliphatic rings. The van der Waals surface area contributed by atoms with E-state index in [0.717, 1.165) is 12.1 Å². The minimum Gasteiger partial charge on any atom is -0.386 e. The lowest BCUT2D eigenvalue weighted by Crippen LogP contribution is -2.71. The molecule has 0 bridgehead atoms. The van der Waals surface area contributed by atoms with Gasteiger partial charge in [-0.05, 0) is 52.9 Å². The number of benzene rings is 2. The van der Waals surface area contributed by atoms with Crippen molar-refractivity contribution in [2.45, 2.75) is 39.3 Å². The molecule has 3 rings (SSSR count). The third-order valence-corrected chi connectivity index (χ3v) is 6.59. The second-order valence-corrected chi connectivity index (χ2v) is 10.4. The topological polar surface area (TPSA) is 64.6 Å². The predicted molar refractivity (Wildman–Crippen MR) is 127 cm³/mol. The summed E-state index contributed by atoms with van der Waals surface area (Å²) < 4.78 is 43.5. The van der Waals surface area contributed by atoms with Crippen LogP contribution < -0.4 is 10.6 Å². The van der Waals surface area contributed by atoms with Gasteiger partial charge in [0.05, 0.1) is 30.0 Å². The summed E-state index contributed by atoms with van der Waals surface area (Å²) in [6.07, 6.45) is 0. The van der Waals surface area contributed by atoms with Gasteiger partial charge in [0.15, 0.2) is 11.6 Å². The van der Waals surface area contributed by atoms with Crippen molar-refractivity contribution in [3.8, 4) is 0 Å². The van der Waals surface area contributed by atoms with Gasteiger partial charge in [-0.15, -0.1) is 0 Å². The SMILES string of the molecule is CC(C)NCC(C)(C)C1(O)CN(C(=O)c2ccc(F)c(F)c2Nc2ccc(I)cc2F)C1. The molecule has 1 fully saturated rings. The average molecular weight is 561 g/mol. The van der Waals surface area contributed by atoms with Crippen molar-refractivity contribution in [3.63, 3.8) is 0 Å². The number of anilines is 2. The summed E-state index contributed by atoms with van der Waals surface area (Å²) in [7, 11) is 0. The van der Waals surface area contributed by atoms with E-state index in [1.54, 1.807) is 6.07 Å². The predicted octanol–water partition coefficient (Wildman–Crippen LogP) is 4.66. The van der Waals surface area contributed by atoms with Crippen LogP contribution in [-0.2, 0) is 0 Å². The molecule has 9 heteroatoms. The highest BCUT2D eigenvalue weighted by Crippen LogP contribution is 2.40. The first-order chi connectivity index (χ1) is 14.8. The molecule has 3 N–H and O–H groups in total. The molecule has 0 saturated carbocycles. The fraction of sp³-hybridized carbons (Fsp3) is 0.435. The summed E-state index contributed by atoms with van der Waals surface area (Å²) in [4.78, 5) is 14.5. The maximum atomic E-state index is 14.6. The second kappa shape index (κ2) is 9.18. The minimum atomic E-state index is -1.27. The Kier molecular flexibility index (Phi) is 7.11. The number of nitrogens with one attached hydrogen (secondary N) is 2. The number of β-amino-alcohol motifs (C(OH)–C–C–N with tert-alkyl or cyclic N) is 1. The minimum absolute atomic E-state index is 0.0505. The van der Waals surface area contributed by atoms with Gasteiger partial charge in [-0.1, -0.05) is 27.7 Å². The smallest absolute Gasteiger partial charge is 0.256 e. The molecule has 174 valence electrons. The van der Waals surface area contributed by atoms with Crippen molar-refractivity contribution in [1.29, 1.82) is 0 Å². The number of hydrogen-bond acceptors (Lipinski definition) is 4. The van der Waals surface area contributed by atoms with Crippen LogP contribution in [0.1, 0.15) is 38.1 Å². The van der Waals surface area contributed by atoms with Crippen LogP contribution in [0, 0.1) is 26.4 Å². The first-order valence-corrected chi connectivity index (χ1v) is 11.4. The molecule has 1 aliphatic heterocycles. The Morgan fingerprint density at radius 2 is 1.84 bits per heavy atom. The van der Waals surface area contributed by atoms with E-state index in [2.05, 4.69) is 10.6 Å². The van der Waals surface area contributed by atoms with Crippen molar-refractivity contribution < 1.29 is 23.1 Å². The van der Waals surface area contributed by atoms with Gasteiger partial charge in [0.2, 0.25) is 0 Å². The monoisotopic (exact) mass is 561 g/mol. The largest absolute Gasteiger partial charge is 0.386 e. The number of carbonyl (C=O) groups is 1. The quantitative estimate of drug-likeness (QED) is 0.431. The number of amides is 1. The molecule has 0 radical (unpaired) electrons. The summed E-state index contributed by atoms with van der Waals surface area (Å²) >= 11 is 1.93. The number of hydrogen-bond donors (Lipinski definition) is 3. The van der Waals surface area contributed by atoms with E-state index in [4.69, 9.17) is 0 Å². The van der Waals surface area contributed by atoms with E-state index in [9.17, 15) is 23.1 Å². The summed E-state index contributed by atoms with van der Waals surface area (Å²) in [5.74, 6) is -3.66. The normalized spacial score (nSPS) is 15.6. The summed E-state index contributed by atoms with van der Waals surface area (Å²) in [6, 6.07) is 6.50. The van der Waals surface area contributed by atoms with Crippen LogP contribution in [0.5, 0.6) is 0 Å². The van der Waals surface area contributed by atoms with Crippen molar-refractivity contribution in [2.75, 3.05) is 25.0 Å². The number of likely N-dealkylation sites (tertiary alicyclic amines) is 1. The molecule has 1 amide bonds. The average Bonchev–Trinajstić information content (AvgIpc) is 2.68. The Hall–Kier alpha value is -1.85.